The lowest BCUT2D eigenvalue weighted by atomic mass is 9.98. The van der Waals surface area contributed by atoms with Gasteiger partial charge in [-0.05, 0) is 62.6 Å². The average Bonchev–Trinajstić information content (AvgIpc) is 3.26. The van der Waals surface area contributed by atoms with Gasteiger partial charge in [0, 0.05) is 12.1 Å². The van der Waals surface area contributed by atoms with Crippen LogP contribution >= 0.6 is 0 Å². The van der Waals surface area contributed by atoms with Crippen molar-refractivity contribution in [2.24, 2.45) is 0 Å². The maximum atomic E-state index is 12.9. The van der Waals surface area contributed by atoms with Crippen LogP contribution in [0.2, 0.25) is 0 Å². The highest BCUT2D eigenvalue weighted by Gasteiger charge is 2.47. The molecule has 1 aromatic heterocycles. The summed E-state index contributed by atoms with van der Waals surface area (Å²) in [6, 6.07) is 8.06. The van der Waals surface area contributed by atoms with Gasteiger partial charge in [0.1, 0.15) is 29.1 Å². The molecule has 2 aromatic rings. The number of carbonyl (C=O) groups is 2. The number of aliphatic hydroxyl groups excluding tert-OH is 1. The van der Waals surface area contributed by atoms with E-state index in [1.165, 1.54) is 4.90 Å². The van der Waals surface area contributed by atoms with Crippen molar-refractivity contribution in [1.29, 1.82) is 0 Å². The van der Waals surface area contributed by atoms with E-state index in [0.717, 1.165) is 30.6 Å². The quantitative estimate of drug-likeness (QED) is 0.379. The molecule has 1 unspecified atom stereocenters. The van der Waals surface area contributed by atoms with Gasteiger partial charge in [-0.15, -0.1) is 0 Å². The Hall–Kier alpha value is -3.02. The first-order chi connectivity index (χ1) is 14.4. The number of carbonyl (C=O) groups excluding carboxylic acids is 2. The van der Waals surface area contributed by atoms with Gasteiger partial charge in [0.2, 0.25) is 0 Å². The van der Waals surface area contributed by atoms with Crippen LogP contribution in [0.5, 0.6) is 5.75 Å². The Morgan fingerprint density at radius 3 is 2.50 bits per heavy atom. The van der Waals surface area contributed by atoms with Crippen LogP contribution in [0.15, 0.2) is 40.3 Å². The molecule has 1 amide bonds. The minimum Gasteiger partial charge on any atom is -0.507 e. The zero-order chi connectivity index (χ0) is 21.8. The van der Waals surface area contributed by atoms with Crippen LogP contribution in [0.3, 0.4) is 0 Å². The molecule has 6 nitrogen and oxygen atoms in total. The number of nitrogens with zero attached hydrogens (tertiary/aromatic N) is 1. The van der Waals surface area contributed by atoms with E-state index in [2.05, 4.69) is 0 Å². The predicted octanol–water partition coefficient (Wildman–Crippen LogP) is 4.91. The molecule has 160 valence electrons. The van der Waals surface area contributed by atoms with Crippen molar-refractivity contribution in [3.05, 3.63) is 58.6 Å². The Kier molecular flexibility index (Phi) is 6.65. The van der Waals surface area contributed by atoms with E-state index >= 15 is 0 Å². The number of unbranched alkanes of at least 4 members (excludes halogenated alkanes) is 1. The molecule has 1 aliphatic heterocycles. The lowest BCUT2D eigenvalue weighted by Gasteiger charge is -2.23. The van der Waals surface area contributed by atoms with Crippen molar-refractivity contribution in [3.63, 3.8) is 0 Å². The van der Waals surface area contributed by atoms with Crippen LogP contribution in [0, 0.1) is 13.8 Å². The molecular formula is C24H29NO5. The second-order valence-electron chi connectivity index (χ2n) is 7.62. The van der Waals surface area contributed by atoms with Crippen molar-refractivity contribution in [2.75, 3.05) is 13.2 Å². The van der Waals surface area contributed by atoms with Crippen molar-refractivity contribution in [2.45, 2.75) is 53.0 Å². The molecule has 1 N–H and O–H groups in total. The molecule has 2 heterocycles. The topological polar surface area (TPSA) is 80.0 Å². The number of rotatable bonds is 8. The van der Waals surface area contributed by atoms with Crippen molar-refractivity contribution in [1.82, 2.24) is 4.90 Å². The molecule has 6 heteroatoms. The molecule has 0 bridgehead atoms. The number of furan rings is 1. The normalized spacial score (nSPS) is 18.3. The Morgan fingerprint density at radius 1 is 1.13 bits per heavy atom. The Labute approximate surface area is 177 Å². The first-order valence-corrected chi connectivity index (χ1v) is 10.5. The summed E-state index contributed by atoms with van der Waals surface area (Å²) >= 11 is 0. The number of ether oxygens (including phenoxy) is 1. The van der Waals surface area contributed by atoms with Gasteiger partial charge in [0.25, 0.3) is 11.7 Å². The highest BCUT2D eigenvalue weighted by atomic mass is 16.5. The summed E-state index contributed by atoms with van der Waals surface area (Å²) in [5.74, 6) is 0.394. The maximum absolute atomic E-state index is 12.9. The molecule has 30 heavy (non-hydrogen) atoms. The average molecular weight is 411 g/mol. The molecule has 1 aromatic carbocycles. The Morgan fingerprint density at radius 2 is 1.90 bits per heavy atom. The van der Waals surface area contributed by atoms with E-state index < -0.39 is 17.7 Å². The van der Waals surface area contributed by atoms with Crippen molar-refractivity contribution >= 4 is 17.4 Å². The van der Waals surface area contributed by atoms with Gasteiger partial charge in [0.15, 0.2) is 0 Å². The monoisotopic (exact) mass is 411 g/mol. The first kappa shape index (κ1) is 21.7. The van der Waals surface area contributed by atoms with Gasteiger partial charge in [-0.2, -0.15) is 0 Å². The first-order valence-electron chi connectivity index (χ1n) is 10.5. The number of hydrogen-bond donors (Lipinski definition) is 1. The standard InChI is InChI=1S/C24H29NO5/c1-5-7-12-25-21(19-10-8-16(4)30-19)20(23(27)24(25)28)22(26)17-9-11-18(15(3)14-17)29-13-6-2/h8-11,14,21,26H,5-7,12-13H2,1-4H3/b22-20-. The fraction of sp³-hybridized carbons (Fsp3) is 0.417. The molecule has 0 saturated carbocycles. The Bertz CT molecular complexity index is 972. The highest BCUT2D eigenvalue weighted by Crippen LogP contribution is 2.40. The summed E-state index contributed by atoms with van der Waals surface area (Å²) in [6.45, 7) is 8.77. The smallest absolute Gasteiger partial charge is 0.295 e. The highest BCUT2D eigenvalue weighted by molar-refractivity contribution is 6.46. The van der Waals surface area contributed by atoms with Crippen LogP contribution in [0.25, 0.3) is 5.76 Å². The number of benzene rings is 1. The lowest BCUT2D eigenvalue weighted by Crippen LogP contribution is -2.30. The molecule has 1 fully saturated rings. The van der Waals surface area contributed by atoms with Gasteiger partial charge in [0.05, 0.1) is 12.2 Å². The molecular weight excluding hydrogens is 382 g/mol. The summed E-state index contributed by atoms with van der Waals surface area (Å²) in [6.07, 6.45) is 2.53. The fourth-order valence-corrected chi connectivity index (χ4v) is 3.66. The van der Waals surface area contributed by atoms with Crippen LogP contribution < -0.4 is 4.74 Å². The van der Waals surface area contributed by atoms with Gasteiger partial charge in [-0.1, -0.05) is 20.3 Å². The minimum absolute atomic E-state index is 0.0621. The number of amides is 1. The fourth-order valence-electron chi connectivity index (χ4n) is 3.66. The van der Waals surface area contributed by atoms with Crippen LogP contribution in [0.1, 0.15) is 61.8 Å². The number of aliphatic hydroxyl groups is 1. The molecule has 1 atom stereocenters. The second kappa shape index (κ2) is 9.20. The molecule has 0 radical (unpaired) electrons. The van der Waals surface area contributed by atoms with Gasteiger partial charge < -0.3 is 19.2 Å². The maximum Gasteiger partial charge on any atom is 0.295 e. The summed E-state index contributed by atoms with van der Waals surface area (Å²) < 4.78 is 11.5. The number of Topliss-reactive ketones (excluding diaryl/α,β-unsaturated/α-hetero) is 1. The Balaban J connectivity index is 2.07. The third-order valence-corrected chi connectivity index (χ3v) is 5.23. The van der Waals surface area contributed by atoms with Crippen LogP contribution in [-0.2, 0) is 9.59 Å². The van der Waals surface area contributed by atoms with Crippen LogP contribution in [0.4, 0.5) is 0 Å². The summed E-state index contributed by atoms with van der Waals surface area (Å²) in [5, 5.41) is 11.1. The number of ketones is 1. The van der Waals surface area contributed by atoms with Crippen LogP contribution in [-0.4, -0.2) is 34.8 Å². The summed E-state index contributed by atoms with van der Waals surface area (Å²) in [4.78, 5) is 27.2. The summed E-state index contributed by atoms with van der Waals surface area (Å²) in [7, 11) is 0. The number of likely N-dealkylation sites (tertiary alicyclic amines) is 1. The largest absolute Gasteiger partial charge is 0.507 e. The van der Waals surface area contributed by atoms with Gasteiger partial charge in [-0.25, -0.2) is 0 Å². The van der Waals surface area contributed by atoms with E-state index in [4.69, 9.17) is 9.15 Å². The minimum atomic E-state index is -0.735. The number of hydrogen-bond acceptors (Lipinski definition) is 5. The molecule has 0 aliphatic carbocycles. The third-order valence-electron chi connectivity index (χ3n) is 5.23. The van der Waals surface area contributed by atoms with Crippen molar-refractivity contribution in [3.8, 4) is 5.75 Å². The molecule has 1 saturated heterocycles. The van der Waals surface area contributed by atoms with Crippen molar-refractivity contribution < 1.29 is 23.8 Å². The number of aryl methyl sites for hydroxylation is 2. The molecule has 1 aliphatic rings. The third kappa shape index (κ3) is 4.13. The van der Waals surface area contributed by atoms with E-state index in [-0.39, 0.29) is 11.3 Å². The molecule has 0 spiro atoms. The van der Waals surface area contributed by atoms with E-state index in [0.29, 0.717) is 30.2 Å². The second-order valence-corrected chi connectivity index (χ2v) is 7.62. The van der Waals surface area contributed by atoms with E-state index in [9.17, 15) is 14.7 Å². The summed E-state index contributed by atoms with van der Waals surface area (Å²) in [5.41, 5.74) is 1.38. The SMILES string of the molecule is CCCCN1C(=O)C(=O)/C(=C(\O)c2ccc(OCCC)c(C)c2)C1c1ccc(C)o1. The van der Waals surface area contributed by atoms with Gasteiger partial charge >= 0.3 is 0 Å². The lowest BCUT2D eigenvalue weighted by molar-refractivity contribution is -0.140. The van der Waals surface area contributed by atoms with E-state index in [1.54, 1.807) is 37.3 Å². The molecule has 3 rings (SSSR count). The van der Waals surface area contributed by atoms with E-state index in [1.807, 2.05) is 20.8 Å². The zero-order valence-electron chi connectivity index (χ0n) is 18.0. The predicted molar refractivity (Wildman–Crippen MR) is 114 cm³/mol. The van der Waals surface area contributed by atoms with Gasteiger partial charge in [-0.3, -0.25) is 9.59 Å². The zero-order valence-corrected chi connectivity index (χ0v) is 18.0.